The number of halogens is 3. The third-order valence-electron chi connectivity index (χ3n) is 6.27. The highest BCUT2D eigenvalue weighted by Crippen LogP contribution is 2.52. The third-order valence-corrected chi connectivity index (χ3v) is 6.27. The Bertz CT molecular complexity index is 975. The summed E-state index contributed by atoms with van der Waals surface area (Å²) in [6, 6.07) is 5.79. The van der Waals surface area contributed by atoms with E-state index in [1.165, 1.54) is 30.5 Å². The van der Waals surface area contributed by atoms with Crippen LogP contribution in [-0.4, -0.2) is 33.7 Å². The second-order valence-electron chi connectivity index (χ2n) is 8.25. The van der Waals surface area contributed by atoms with Crippen molar-refractivity contribution in [1.29, 1.82) is 0 Å². The molecule has 2 aromatic rings. The summed E-state index contributed by atoms with van der Waals surface area (Å²) < 4.78 is 53.2. The molecule has 0 N–H and O–H groups in total. The van der Waals surface area contributed by atoms with Crippen LogP contribution in [0, 0.1) is 17.5 Å². The lowest BCUT2D eigenvalue weighted by Crippen LogP contribution is -2.55. The Hall–Kier alpha value is -2.45. The lowest BCUT2D eigenvalue weighted by Gasteiger charge is -2.43. The molecule has 2 saturated heterocycles. The van der Waals surface area contributed by atoms with Gasteiger partial charge in [0.1, 0.15) is 29.4 Å². The Balaban J connectivity index is 1.27. The van der Waals surface area contributed by atoms with Crippen molar-refractivity contribution in [2.45, 2.75) is 62.7 Å². The highest BCUT2D eigenvalue weighted by molar-refractivity contribution is 5.89. The van der Waals surface area contributed by atoms with E-state index in [-0.39, 0.29) is 17.7 Å². The number of fused-ring (bicyclic) bond motifs is 1. The van der Waals surface area contributed by atoms with Crippen LogP contribution in [0.5, 0.6) is 0 Å². The summed E-state index contributed by atoms with van der Waals surface area (Å²) in [5.74, 6) is -1.93. The summed E-state index contributed by atoms with van der Waals surface area (Å²) in [5.41, 5.74) is -0.302. The minimum absolute atomic E-state index is 0.170. The van der Waals surface area contributed by atoms with Gasteiger partial charge in [0, 0.05) is 25.1 Å². The van der Waals surface area contributed by atoms with Crippen LogP contribution < -0.4 is 0 Å². The minimum Gasteiger partial charge on any atom is -0.369 e. The number of pyridine rings is 1. The van der Waals surface area contributed by atoms with Crippen LogP contribution in [0.15, 0.2) is 36.5 Å². The first-order valence-electron chi connectivity index (χ1n) is 10.1. The lowest BCUT2D eigenvalue weighted by atomic mass is 9.76. The molecule has 158 valence electrons. The second-order valence-corrected chi connectivity index (χ2v) is 8.25. The van der Waals surface area contributed by atoms with Gasteiger partial charge in [-0.05, 0) is 49.6 Å². The maximum absolute atomic E-state index is 13.9. The zero-order chi connectivity index (χ0) is 21.0. The Labute approximate surface area is 171 Å². The number of nitrogens with zero attached hydrogens (tertiary/aromatic N) is 2. The molecule has 30 heavy (non-hydrogen) atoms. The Kier molecular flexibility index (Phi) is 4.59. The number of benzene rings is 1. The monoisotopic (exact) mass is 418 g/mol. The highest BCUT2D eigenvalue weighted by Gasteiger charge is 2.63. The Morgan fingerprint density at radius 1 is 1.20 bits per heavy atom. The predicted octanol–water partition coefficient (Wildman–Crippen LogP) is 4.20. The fraction of sp³-hybridized carbons (Fsp3) is 0.455. The van der Waals surface area contributed by atoms with Gasteiger partial charge in [-0.25, -0.2) is 13.2 Å². The van der Waals surface area contributed by atoms with Gasteiger partial charge >= 0.3 is 0 Å². The maximum Gasteiger partial charge on any atom is 0.257 e. The first kappa shape index (κ1) is 19.5. The molecule has 3 heterocycles. The van der Waals surface area contributed by atoms with Gasteiger partial charge in [-0.1, -0.05) is 0 Å². The number of carbonyl (C=O) groups is 1. The molecule has 1 unspecified atom stereocenters. The van der Waals surface area contributed by atoms with E-state index in [1.54, 1.807) is 11.8 Å². The molecular formula is C22H21F3N2O3. The Morgan fingerprint density at radius 3 is 2.63 bits per heavy atom. The number of amides is 1. The molecule has 3 fully saturated rings. The molecule has 1 aliphatic carbocycles. The third kappa shape index (κ3) is 3.09. The predicted molar refractivity (Wildman–Crippen MR) is 99.5 cm³/mol. The molecule has 2 aliphatic heterocycles. The molecule has 1 saturated carbocycles. The van der Waals surface area contributed by atoms with E-state index in [0.29, 0.717) is 31.2 Å². The molecule has 5 rings (SSSR count). The van der Waals surface area contributed by atoms with Crippen molar-refractivity contribution < 1.29 is 27.4 Å². The van der Waals surface area contributed by atoms with Gasteiger partial charge < -0.3 is 14.4 Å². The number of ether oxygens (including phenoxy) is 2. The van der Waals surface area contributed by atoms with Crippen molar-refractivity contribution in [3.8, 4) is 0 Å². The van der Waals surface area contributed by atoms with E-state index in [1.807, 2.05) is 0 Å². The van der Waals surface area contributed by atoms with Crippen LogP contribution in [0.25, 0.3) is 0 Å². The van der Waals surface area contributed by atoms with Crippen LogP contribution in [-0.2, 0) is 14.3 Å². The van der Waals surface area contributed by atoms with Crippen LogP contribution in [0.2, 0.25) is 0 Å². The van der Waals surface area contributed by atoms with Crippen LogP contribution in [0.3, 0.4) is 0 Å². The molecular weight excluding hydrogens is 397 g/mol. The van der Waals surface area contributed by atoms with Crippen LogP contribution >= 0.6 is 0 Å². The van der Waals surface area contributed by atoms with E-state index in [0.717, 1.165) is 6.07 Å². The van der Waals surface area contributed by atoms with Gasteiger partial charge in [-0.15, -0.1) is 0 Å². The van der Waals surface area contributed by atoms with Gasteiger partial charge in [-0.2, -0.15) is 0 Å². The average molecular weight is 418 g/mol. The average Bonchev–Trinajstić information content (AvgIpc) is 3.19. The first-order chi connectivity index (χ1) is 14.4. The van der Waals surface area contributed by atoms with Crippen molar-refractivity contribution in [2.24, 2.45) is 0 Å². The van der Waals surface area contributed by atoms with Crippen molar-refractivity contribution in [3.05, 3.63) is 65.2 Å². The number of carbonyl (C=O) groups excluding carboxylic acids is 1. The summed E-state index contributed by atoms with van der Waals surface area (Å²) in [5, 5.41) is 0. The van der Waals surface area contributed by atoms with E-state index < -0.39 is 41.4 Å². The molecule has 5 nitrogen and oxygen atoms in total. The van der Waals surface area contributed by atoms with Gasteiger partial charge in [0.15, 0.2) is 5.60 Å². The van der Waals surface area contributed by atoms with E-state index >= 15 is 0 Å². The lowest BCUT2D eigenvalue weighted by molar-refractivity contribution is -0.184. The zero-order valence-corrected chi connectivity index (χ0v) is 16.4. The maximum atomic E-state index is 13.9. The van der Waals surface area contributed by atoms with Crippen LogP contribution in [0.4, 0.5) is 13.2 Å². The van der Waals surface area contributed by atoms with Gasteiger partial charge in [-0.3, -0.25) is 9.78 Å². The molecule has 1 aromatic heterocycles. The molecule has 3 atom stereocenters. The van der Waals surface area contributed by atoms with Crippen molar-refractivity contribution >= 4 is 5.91 Å². The SMILES string of the molecule is CC(OC1CC2(C1)O[C@@H]1CC[C@@H](c3cc(F)cc(F)c3)N1C2=O)c1ncccc1F. The van der Waals surface area contributed by atoms with E-state index in [9.17, 15) is 18.0 Å². The second kappa shape index (κ2) is 7.06. The van der Waals surface area contributed by atoms with E-state index in [4.69, 9.17) is 9.47 Å². The largest absolute Gasteiger partial charge is 0.369 e. The van der Waals surface area contributed by atoms with Gasteiger partial charge in [0.25, 0.3) is 5.91 Å². The Morgan fingerprint density at radius 2 is 1.93 bits per heavy atom. The van der Waals surface area contributed by atoms with Crippen LogP contribution in [0.1, 0.15) is 56.0 Å². The summed E-state index contributed by atoms with van der Waals surface area (Å²) in [4.78, 5) is 18.8. The number of hydrogen-bond acceptors (Lipinski definition) is 4. The van der Waals surface area contributed by atoms with Crippen molar-refractivity contribution in [2.75, 3.05) is 0 Å². The number of rotatable bonds is 4. The molecule has 0 bridgehead atoms. The summed E-state index contributed by atoms with van der Waals surface area (Å²) in [6.45, 7) is 1.72. The minimum atomic E-state index is -0.970. The van der Waals surface area contributed by atoms with E-state index in [2.05, 4.69) is 4.98 Å². The smallest absolute Gasteiger partial charge is 0.257 e. The van der Waals surface area contributed by atoms with Crippen molar-refractivity contribution in [1.82, 2.24) is 9.88 Å². The molecule has 1 spiro atoms. The molecule has 1 aromatic carbocycles. The summed E-state index contributed by atoms with van der Waals surface area (Å²) in [7, 11) is 0. The fourth-order valence-electron chi connectivity index (χ4n) is 4.90. The first-order valence-corrected chi connectivity index (χ1v) is 10.1. The standard InChI is InChI=1S/C22H21F3N2O3/c1-12(20-17(25)3-2-6-26-20)29-16-10-22(11-16)21(28)27-18(4-5-19(27)30-22)13-7-14(23)9-15(24)8-13/h2-3,6-9,12,16,18-19H,4-5,10-11H2,1H3/t12?,16?,18-,19+,22?/m0/s1. The molecule has 1 amide bonds. The number of hydrogen-bond donors (Lipinski definition) is 0. The van der Waals surface area contributed by atoms with Gasteiger partial charge in [0.2, 0.25) is 0 Å². The number of aromatic nitrogens is 1. The fourth-order valence-corrected chi connectivity index (χ4v) is 4.90. The van der Waals surface area contributed by atoms with Gasteiger partial charge in [0.05, 0.1) is 18.2 Å². The van der Waals surface area contributed by atoms with Crippen molar-refractivity contribution in [3.63, 3.8) is 0 Å². The molecule has 3 aliphatic rings. The summed E-state index contributed by atoms with van der Waals surface area (Å²) in [6.07, 6.45) is 2.23. The highest BCUT2D eigenvalue weighted by atomic mass is 19.1. The zero-order valence-electron chi connectivity index (χ0n) is 16.4. The molecule has 8 heteroatoms. The quantitative estimate of drug-likeness (QED) is 0.747. The normalized spacial score (nSPS) is 31.1. The summed E-state index contributed by atoms with van der Waals surface area (Å²) >= 11 is 0. The molecule has 0 radical (unpaired) electrons. The topological polar surface area (TPSA) is 51.7 Å².